The van der Waals surface area contributed by atoms with Crippen LogP contribution in [0.3, 0.4) is 0 Å². The van der Waals surface area contributed by atoms with Gasteiger partial charge in [-0.1, -0.05) is 0 Å². The quantitative estimate of drug-likeness (QED) is 0.474. The molecule has 23 heavy (non-hydrogen) atoms. The normalized spacial score (nSPS) is 10.7. The highest BCUT2D eigenvalue weighted by molar-refractivity contribution is 9.11. The molecule has 3 nitrogen and oxygen atoms in total. The van der Waals surface area contributed by atoms with Gasteiger partial charge in [-0.2, -0.15) is 0 Å². The van der Waals surface area contributed by atoms with Crippen molar-refractivity contribution in [2.24, 2.45) is 0 Å². The van der Waals surface area contributed by atoms with Gasteiger partial charge in [0.05, 0.1) is 22.4 Å². The molecule has 1 aromatic heterocycles. The van der Waals surface area contributed by atoms with Gasteiger partial charge in [0.15, 0.2) is 0 Å². The Morgan fingerprint density at radius 3 is 1.43 bits per heavy atom. The second kappa shape index (κ2) is 6.83. The summed E-state index contributed by atoms with van der Waals surface area (Å²) in [5.74, 6) is 0. The minimum absolute atomic E-state index is 0. The molecule has 0 aliphatic heterocycles. The highest BCUT2D eigenvalue weighted by Crippen LogP contribution is 2.34. The van der Waals surface area contributed by atoms with Crippen molar-refractivity contribution in [1.29, 1.82) is 0 Å². The van der Waals surface area contributed by atoms with Gasteiger partial charge in [0.1, 0.15) is 0 Å². The predicted molar refractivity (Wildman–Crippen MR) is 111 cm³/mol. The van der Waals surface area contributed by atoms with Crippen LogP contribution in [0.5, 0.6) is 0 Å². The van der Waals surface area contributed by atoms with Crippen molar-refractivity contribution >= 4 is 77.4 Å². The molecule has 2 aromatic carbocycles. The van der Waals surface area contributed by atoms with Crippen molar-refractivity contribution in [3.8, 4) is 0 Å². The lowest BCUT2D eigenvalue weighted by molar-refractivity contribution is 1.12. The molecule has 0 fully saturated rings. The third-order valence-electron chi connectivity index (χ3n) is 3.71. The zero-order chi connectivity index (χ0) is 16.0. The van der Waals surface area contributed by atoms with Crippen LogP contribution < -0.4 is 9.80 Å². The Labute approximate surface area is 159 Å². The molecule has 0 unspecified atom stereocenters. The second-order valence-corrected chi connectivity index (χ2v) is 7.48. The van der Waals surface area contributed by atoms with E-state index in [9.17, 15) is 0 Å². The number of fused-ring (bicyclic) bond motifs is 2. The van der Waals surface area contributed by atoms with Gasteiger partial charge in [-0.3, -0.25) is 0 Å². The Morgan fingerprint density at radius 2 is 1.09 bits per heavy atom. The third-order valence-corrected chi connectivity index (χ3v) is 4.98. The summed E-state index contributed by atoms with van der Waals surface area (Å²) in [5.41, 5.74) is 4.27. The van der Waals surface area contributed by atoms with E-state index >= 15 is 0 Å². The summed E-state index contributed by atoms with van der Waals surface area (Å²) in [6, 6.07) is 10.7. The summed E-state index contributed by atoms with van der Waals surface area (Å²) in [6.45, 7) is 0. The summed E-state index contributed by atoms with van der Waals surface area (Å²) < 4.78 is 2.16. The van der Waals surface area contributed by atoms with E-state index in [-0.39, 0.29) is 12.4 Å². The maximum absolute atomic E-state index is 4.85. The van der Waals surface area contributed by atoms with E-state index in [0.29, 0.717) is 0 Å². The Bertz CT molecular complexity index is 810. The fourth-order valence-corrected chi connectivity index (χ4v) is 3.97. The lowest BCUT2D eigenvalue weighted by atomic mass is 10.1. The first kappa shape index (κ1) is 18.3. The number of hydrogen-bond acceptors (Lipinski definition) is 3. The van der Waals surface area contributed by atoms with Crippen molar-refractivity contribution in [2.45, 2.75) is 0 Å². The molecule has 0 aliphatic rings. The Kier molecular flexibility index (Phi) is 5.44. The number of hydrogen-bond donors (Lipinski definition) is 0. The molecule has 3 aromatic rings. The lowest BCUT2D eigenvalue weighted by Gasteiger charge is -2.17. The van der Waals surface area contributed by atoms with Crippen LogP contribution in [0.2, 0.25) is 0 Å². The number of rotatable bonds is 2. The van der Waals surface area contributed by atoms with E-state index in [1.807, 2.05) is 28.2 Å². The summed E-state index contributed by atoms with van der Waals surface area (Å²) >= 11 is 7.28. The van der Waals surface area contributed by atoms with Gasteiger partial charge >= 0.3 is 0 Å². The van der Waals surface area contributed by atoms with Crippen LogP contribution >= 0.6 is 44.3 Å². The van der Waals surface area contributed by atoms with Crippen LogP contribution in [-0.4, -0.2) is 33.2 Å². The van der Waals surface area contributed by atoms with Gasteiger partial charge in [0.25, 0.3) is 0 Å². The van der Waals surface area contributed by atoms with Crippen LogP contribution in [0.15, 0.2) is 39.3 Å². The molecule has 0 saturated carbocycles. The maximum atomic E-state index is 4.85. The largest absolute Gasteiger partial charge is 0.377 e. The number of nitrogens with zero attached hydrogens (tertiary/aromatic N) is 3. The first-order chi connectivity index (χ1) is 10.4. The van der Waals surface area contributed by atoms with Crippen LogP contribution in [0, 0.1) is 0 Å². The van der Waals surface area contributed by atoms with E-state index in [0.717, 1.165) is 42.1 Å². The molecule has 0 saturated heterocycles. The van der Waals surface area contributed by atoms with Gasteiger partial charge in [0.2, 0.25) is 0 Å². The standard InChI is InChI=1S/C17H17Br2N3.ClH/c1-21(2)16-8-14-10(6-12(16)18)5-11-7-13(19)17(22(3)4)9-15(11)20-14;/h5-9H,1-4H3;1H. The number of anilines is 2. The fraction of sp³-hybridized carbons (Fsp3) is 0.235. The van der Waals surface area contributed by atoms with E-state index < -0.39 is 0 Å². The van der Waals surface area contributed by atoms with Gasteiger partial charge in [0, 0.05) is 47.9 Å². The Balaban J connectivity index is 0.00000192. The molecule has 122 valence electrons. The molecule has 1 heterocycles. The molecule has 0 N–H and O–H groups in total. The molecule has 3 rings (SSSR count). The maximum Gasteiger partial charge on any atom is 0.0731 e. The van der Waals surface area contributed by atoms with Crippen LogP contribution in [0.1, 0.15) is 0 Å². The van der Waals surface area contributed by atoms with Crippen LogP contribution in [0.4, 0.5) is 11.4 Å². The monoisotopic (exact) mass is 457 g/mol. The summed E-state index contributed by atoms with van der Waals surface area (Å²) in [5, 5.41) is 2.27. The average Bonchev–Trinajstić information content (AvgIpc) is 2.43. The first-order valence-corrected chi connectivity index (χ1v) is 8.53. The number of pyridine rings is 1. The van der Waals surface area contributed by atoms with Crippen molar-refractivity contribution in [3.63, 3.8) is 0 Å². The van der Waals surface area contributed by atoms with E-state index in [2.05, 4.69) is 72.0 Å². The molecule has 0 radical (unpaired) electrons. The minimum atomic E-state index is 0. The highest BCUT2D eigenvalue weighted by atomic mass is 79.9. The number of halogens is 3. The van der Waals surface area contributed by atoms with E-state index in [1.165, 1.54) is 0 Å². The van der Waals surface area contributed by atoms with E-state index in [4.69, 9.17) is 4.98 Å². The second-order valence-electron chi connectivity index (χ2n) is 5.77. The minimum Gasteiger partial charge on any atom is -0.377 e. The smallest absolute Gasteiger partial charge is 0.0731 e. The van der Waals surface area contributed by atoms with E-state index in [1.54, 1.807) is 0 Å². The zero-order valence-electron chi connectivity index (χ0n) is 13.4. The van der Waals surface area contributed by atoms with Crippen molar-refractivity contribution in [1.82, 2.24) is 4.98 Å². The molecular formula is C17H18Br2ClN3. The molecule has 0 aliphatic carbocycles. The molecule has 0 atom stereocenters. The molecule has 6 heteroatoms. The van der Waals surface area contributed by atoms with Gasteiger partial charge in [-0.05, 0) is 62.2 Å². The third kappa shape index (κ3) is 3.42. The van der Waals surface area contributed by atoms with Gasteiger partial charge in [-0.25, -0.2) is 4.98 Å². The highest BCUT2D eigenvalue weighted by Gasteiger charge is 2.10. The SMILES string of the molecule is CN(C)c1cc2nc3cc(N(C)C)c(Br)cc3cc2cc1Br.Cl. The Morgan fingerprint density at radius 1 is 0.696 bits per heavy atom. The van der Waals surface area contributed by atoms with Crippen LogP contribution in [0.25, 0.3) is 21.8 Å². The number of aromatic nitrogens is 1. The molecule has 0 spiro atoms. The summed E-state index contributed by atoms with van der Waals surface area (Å²) in [7, 11) is 8.14. The summed E-state index contributed by atoms with van der Waals surface area (Å²) in [6.07, 6.45) is 0. The van der Waals surface area contributed by atoms with Crippen molar-refractivity contribution in [3.05, 3.63) is 39.3 Å². The van der Waals surface area contributed by atoms with Gasteiger partial charge < -0.3 is 9.80 Å². The Hall–Kier alpha value is -1.04. The molecule has 0 bridgehead atoms. The van der Waals surface area contributed by atoms with Crippen molar-refractivity contribution in [2.75, 3.05) is 38.0 Å². The summed E-state index contributed by atoms with van der Waals surface area (Å²) in [4.78, 5) is 9.02. The topological polar surface area (TPSA) is 19.4 Å². The molecular weight excluding hydrogens is 441 g/mol. The average molecular weight is 460 g/mol. The van der Waals surface area contributed by atoms with Crippen LogP contribution in [-0.2, 0) is 0 Å². The number of benzene rings is 2. The zero-order valence-corrected chi connectivity index (χ0v) is 17.4. The van der Waals surface area contributed by atoms with Crippen molar-refractivity contribution < 1.29 is 0 Å². The predicted octanol–water partition coefficient (Wildman–Crippen LogP) is 5.47. The first-order valence-electron chi connectivity index (χ1n) is 6.95. The van der Waals surface area contributed by atoms with Gasteiger partial charge in [-0.15, -0.1) is 12.4 Å². The fourth-order valence-electron chi connectivity index (χ4n) is 2.54. The lowest BCUT2D eigenvalue weighted by Crippen LogP contribution is -2.10. The molecule has 0 amide bonds.